The van der Waals surface area contributed by atoms with E-state index in [1.807, 2.05) is 6.92 Å². The summed E-state index contributed by atoms with van der Waals surface area (Å²) in [5, 5.41) is 9.56. The molecule has 4 nitrogen and oxygen atoms in total. The normalized spacial score (nSPS) is 13.6. The number of aliphatic carboxylic acids is 1. The average molecular weight is 282 g/mol. The number of benzene rings is 1. The number of halogens is 1. The van der Waals surface area contributed by atoms with Gasteiger partial charge >= 0.3 is 11.9 Å². The lowest BCUT2D eigenvalue weighted by Crippen LogP contribution is -2.45. The molecule has 1 unspecified atom stereocenters. The van der Waals surface area contributed by atoms with Crippen LogP contribution in [0.2, 0.25) is 0 Å². The van der Waals surface area contributed by atoms with E-state index in [2.05, 4.69) is 0 Å². The maximum absolute atomic E-state index is 14.0. The summed E-state index contributed by atoms with van der Waals surface area (Å²) in [4.78, 5) is 23.9. The first kappa shape index (κ1) is 16.1. The molecule has 1 atom stereocenters. The van der Waals surface area contributed by atoms with Gasteiger partial charge in [0.15, 0.2) is 5.41 Å². The predicted octanol–water partition coefficient (Wildman–Crippen LogP) is 2.90. The van der Waals surface area contributed by atoms with Crippen LogP contribution in [0.15, 0.2) is 24.3 Å². The van der Waals surface area contributed by atoms with Crippen LogP contribution in [0.3, 0.4) is 0 Å². The molecule has 0 heterocycles. The summed E-state index contributed by atoms with van der Waals surface area (Å²) in [5.41, 5.74) is -2.11. The Morgan fingerprint density at radius 3 is 2.45 bits per heavy atom. The molecule has 1 rings (SSSR count). The van der Waals surface area contributed by atoms with E-state index in [9.17, 15) is 19.1 Å². The minimum atomic E-state index is -1.97. The van der Waals surface area contributed by atoms with Crippen LogP contribution in [-0.4, -0.2) is 23.7 Å². The molecule has 0 aromatic heterocycles. The fourth-order valence-electron chi connectivity index (χ4n) is 2.16. The van der Waals surface area contributed by atoms with E-state index in [0.717, 1.165) is 6.07 Å². The first-order chi connectivity index (χ1) is 9.50. The quantitative estimate of drug-likeness (QED) is 0.617. The molecule has 1 aromatic carbocycles. The number of carbonyl (C=O) groups excluding carboxylic acids is 1. The smallest absolute Gasteiger partial charge is 0.328 e. The molecular weight excluding hydrogens is 263 g/mol. The van der Waals surface area contributed by atoms with Crippen molar-refractivity contribution in [2.24, 2.45) is 0 Å². The zero-order valence-electron chi connectivity index (χ0n) is 11.7. The van der Waals surface area contributed by atoms with E-state index in [1.54, 1.807) is 6.92 Å². The van der Waals surface area contributed by atoms with Crippen molar-refractivity contribution in [2.75, 3.05) is 6.61 Å². The summed E-state index contributed by atoms with van der Waals surface area (Å²) < 4.78 is 18.9. The number of esters is 1. The monoisotopic (exact) mass is 282 g/mol. The fourth-order valence-corrected chi connectivity index (χ4v) is 2.16. The first-order valence-corrected chi connectivity index (χ1v) is 6.66. The number of carbonyl (C=O) groups is 2. The van der Waals surface area contributed by atoms with Crippen LogP contribution in [0.5, 0.6) is 0 Å². The Hall–Kier alpha value is -1.91. The summed E-state index contributed by atoms with van der Waals surface area (Å²) >= 11 is 0. The third-order valence-electron chi connectivity index (χ3n) is 3.23. The number of carboxylic acid groups (broad SMARTS) is 1. The zero-order chi connectivity index (χ0) is 15.2. The van der Waals surface area contributed by atoms with Gasteiger partial charge in [0.1, 0.15) is 5.82 Å². The molecule has 5 heteroatoms. The summed E-state index contributed by atoms with van der Waals surface area (Å²) in [7, 11) is 0. The molecule has 0 bridgehead atoms. The van der Waals surface area contributed by atoms with Gasteiger partial charge in [-0.05, 0) is 19.4 Å². The Labute approximate surface area is 117 Å². The molecule has 0 spiro atoms. The second kappa shape index (κ2) is 7.03. The molecule has 0 fully saturated rings. The lowest BCUT2D eigenvalue weighted by molar-refractivity contribution is -0.162. The van der Waals surface area contributed by atoms with Crippen LogP contribution >= 0.6 is 0 Å². The van der Waals surface area contributed by atoms with Gasteiger partial charge in [0.05, 0.1) is 6.61 Å². The van der Waals surface area contributed by atoms with Crippen LogP contribution < -0.4 is 0 Å². The highest BCUT2D eigenvalue weighted by Crippen LogP contribution is 2.34. The van der Waals surface area contributed by atoms with Gasteiger partial charge in [-0.1, -0.05) is 38.0 Å². The molecule has 0 aliphatic rings. The third kappa shape index (κ3) is 2.98. The summed E-state index contributed by atoms with van der Waals surface area (Å²) in [6.45, 7) is 3.51. The number of rotatable bonds is 7. The number of hydrogen-bond acceptors (Lipinski definition) is 3. The van der Waals surface area contributed by atoms with Crippen molar-refractivity contribution in [3.05, 3.63) is 35.6 Å². The lowest BCUT2D eigenvalue weighted by atomic mass is 9.76. The van der Waals surface area contributed by atoms with Gasteiger partial charge in [-0.2, -0.15) is 0 Å². The van der Waals surface area contributed by atoms with E-state index in [0.29, 0.717) is 12.8 Å². The van der Waals surface area contributed by atoms with E-state index < -0.39 is 23.2 Å². The summed E-state index contributed by atoms with van der Waals surface area (Å²) in [6.07, 6.45) is 1.20. The van der Waals surface area contributed by atoms with Gasteiger partial charge in [0, 0.05) is 5.56 Å². The van der Waals surface area contributed by atoms with E-state index in [4.69, 9.17) is 4.74 Å². The topological polar surface area (TPSA) is 63.6 Å². The molecule has 0 saturated heterocycles. The van der Waals surface area contributed by atoms with Gasteiger partial charge < -0.3 is 9.84 Å². The van der Waals surface area contributed by atoms with Gasteiger partial charge in [-0.15, -0.1) is 0 Å². The molecule has 110 valence electrons. The standard InChI is InChI=1S/C15H19FO4/c1-3-5-10-15(13(17)18,14(19)20-4-2)11-8-6-7-9-12(11)16/h6-9H,3-5,10H2,1-2H3,(H,17,18). The summed E-state index contributed by atoms with van der Waals surface area (Å²) in [5.74, 6) is -3.00. The third-order valence-corrected chi connectivity index (χ3v) is 3.23. The minimum Gasteiger partial charge on any atom is -0.480 e. The average Bonchev–Trinajstić information content (AvgIpc) is 2.41. The SMILES string of the molecule is CCCCC(C(=O)O)(C(=O)OCC)c1ccccc1F. The van der Waals surface area contributed by atoms with E-state index in [-0.39, 0.29) is 18.6 Å². The number of ether oxygens (including phenoxy) is 1. The Balaban J connectivity index is 3.40. The zero-order valence-corrected chi connectivity index (χ0v) is 11.7. The molecule has 0 aliphatic carbocycles. The number of hydrogen-bond donors (Lipinski definition) is 1. The molecular formula is C15H19FO4. The molecule has 0 amide bonds. The maximum Gasteiger partial charge on any atom is 0.328 e. The molecule has 1 aromatic rings. The second-order valence-corrected chi connectivity index (χ2v) is 4.51. The Kier molecular flexibility index (Phi) is 5.67. The van der Waals surface area contributed by atoms with Gasteiger partial charge in [-0.25, -0.2) is 4.39 Å². The van der Waals surface area contributed by atoms with Crippen molar-refractivity contribution in [2.45, 2.75) is 38.5 Å². The molecule has 0 aliphatic heterocycles. The Morgan fingerprint density at radius 2 is 1.95 bits per heavy atom. The highest BCUT2D eigenvalue weighted by atomic mass is 19.1. The van der Waals surface area contributed by atoms with Crippen molar-refractivity contribution in [3.63, 3.8) is 0 Å². The fraction of sp³-hybridized carbons (Fsp3) is 0.467. The highest BCUT2D eigenvalue weighted by Gasteiger charge is 2.50. The molecule has 0 saturated carbocycles. The maximum atomic E-state index is 14.0. The predicted molar refractivity (Wildman–Crippen MR) is 71.9 cm³/mol. The van der Waals surface area contributed by atoms with Gasteiger partial charge in [-0.3, -0.25) is 9.59 Å². The van der Waals surface area contributed by atoms with Crippen LogP contribution in [0, 0.1) is 5.82 Å². The summed E-state index contributed by atoms with van der Waals surface area (Å²) in [6, 6.07) is 5.45. The van der Waals surface area contributed by atoms with Crippen LogP contribution in [0.25, 0.3) is 0 Å². The van der Waals surface area contributed by atoms with Gasteiger partial charge in [0.25, 0.3) is 0 Å². The van der Waals surface area contributed by atoms with Crippen molar-refractivity contribution >= 4 is 11.9 Å². The highest BCUT2D eigenvalue weighted by molar-refractivity contribution is 6.05. The van der Waals surface area contributed by atoms with Gasteiger partial charge in [0.2, 0.25) is 0 Å². The Morgan fingerprint density at radius 1 is 1.30 bits per heavy atom. The van der Waals surface area contributed by atoms with Crippen molar-refractivity contribution < 1.29 is 23.8 Å². The van der Waals surface area contributed by atoms with Crippen LogP contribution in [0.1, 0.15) is 38.7 Å². The van der Waals surface area contributed by atoms with Crippen LogP contribution in [0.4, 0.5) is 4.39 Å². The molecule has 20 heavy (non-hydrogen) atoms. The second-order valence-electron chi connectivity index (χ2n) is 4.51. The number of unbranched alkanes of at least 4 members (excludes halogenated alkanes) is 1. The van der Waals surface area contributed by atoms with E-state index >= 15 is 0 Å². The first-order valence-electron chi connectivity index (χ1n) is 6.66. The van der Waals surface area contributed by atoms with E-state index in [1.165, 1.54) is 18.2 Å². The number of carboxylic acids is 1. The van der Waals surface area contributed by atoms with Crippen molar-refractivity contribution in [3.8, 4) is 0 Å². The lowest BCUT2D eigenvalue weighted by Gasteiger charge is -2.27. The van der Waals surface area contributed by atoms with Crippen molar-refractivity contribution in [1.29, 1.82) is 0 Å². The molecule has 0 radical (unpaired) electrons. The molecule has 1 N–H and O–H groups in total. The largest absolute Gasteiger partial charge is 0.480 e. The van der Waals surface area contributed by atoms with Crippen molar-refractivity contribution in [1.82, 2.24) is 0 Å². The Bertz CT molecular complexity index is 487. The minimum absolute atomic E-state index is 0.0125. The van der Waals surface area contributed by atoms with Crippen LogP contribution in [-0.2, 0) is 19.7 Å².